The second kappa shape index (κ2) is 10.1. The Hall–Kier alpha value is -4.89. The molecule has 0 unspecified atom stereocenters. The van der Waals surface area contributed by atoms with Gasteiger partial charge in [0.15, 0.2) is 22.5 Å². The van der Waals surface area contributed by atoms with E-state index in [0.29, 0.717) is 27.8 Å². The molecule has 1 aliphatic carbocycles. The molecule has 0 spiro atoms. The predicted octanol–water partition coefficient (Wildman–Crippen LogP) is 5.14. The summed E-state index contributed by atoms with van der Waals surface area (Å²) in [5.41, 5.74) is 4.21. The van der Waals surface area contributed by atoms with Crippen molar-refractivity contribution in [1.29, 1.82) is 0 Å². The Labute approximate surface area is 228 Å². The summed E-state index contributed by atoms with van der Waals surface area (Å²) in [4.78, 5) is 43.6. The summed E-state index contributed by atoms with van der Waals surface area (Å²) in [7, 11) is 0. The highest BCUT2D eigenvalue weighted by Gasteiger charge is 2.31. The van der Waals surface area contributed by atoms with Gasteiger partial charge < -0.3 is 5.32 Å². The Bertz CT molecular complexity index is 1760. The van der Waals surface area contributed by atoms with Gasteiger partial charge in [-0.25, -0.2) is 0 Å². The van der Waals surface area contributed by atoms with Gasteiger partial charge in [-0.2, -0.15) is 0 Å². The number of ketones is 2. The number of benzene rings is 3. The first-order chi connectivity index (χ1) is 19.0. The molecule has 190 valence electrons. The number of carbonyl (C=O) groups is 3. The number of nitrogens with zero attached hydrogens (tertiary/aromatic N) is 4. The van der Waals surface area contributed by atoms with Gasteiger partial charge in [0.25, 0.3) is 0 Å². The quantitative estimate of drug-likeness (QED) is 0.297. The van der Waals surface area contributed by atoms with E-state index in [4.69, 9.17) is 0 Å². The van der Waals surface area contributed by atoms with Gasteiger partial charge in [-0.1, -0.05) is 66.4 Å². The van der Waals surface area contributed by atoms with E-state index in [2.05, 4.69) is 20.5 Å². The zero-order valence-corrected chi connectivity index (χ0v) is 21.6. The van der Waals surface area contributed by atoms with Gasteiger partial charge in [-0.05, 0) is 36.8 Å². The summed E-state index contributed by atoms with van der Waals surface area (Å²) in [5.74, 6) is -0.238. The van der Waals surface area contributed by atoms with Crippen LogP contribution in [0.1, 0.15) is 37.4 Å². The first-order valence-corrected chi connectivity index (χ1v) is 13.2. The van der Waals surface area contributed by atoms with Gasteiger partial charge in [0.1, 0.15) is 0 Å². The molecule has 0 atom stereocenters. The van der Waals surface area contributed by atoms with Gasteiger partial charge >= 0.3 is 0 Å². The van der Waals surface area contributed by atoms with Gasteiger partial charge in [-0.3, -0.25) is 23.9 Å². The first-order valence-electron chi connectivity index (χ1n) is 12.2. The minimum atomic E-state index is -0.338. The summed E-state index contributed by atoms with van der Waals surface area (Å²) < 4.78 is 1.91. The number of pyridine rings is 1. The third-order valence-electron chi connectivity index (χ3n) is 6.47. The number of fused-ring (bicyclic) bond motifs is 2. The summed E-state index contributed by atoms with van der Waals surface area (Å²) in [6, 6.07) is 23.2. The summed E-state index contributed by atoms with van der Waals surface area (Å²) in [6.45, 7) is 2.00. The maximum absolute atomic E-state index is 13.3. The zero-order valence-electron chi connectivity index (χ0n) is 20.8. The van der Waals surface area contributed by atoms with Crippen molar-refractivity contribution in [3.05, 3.63) is 119 Å². The molecule has 8 nitrogen and oxygen atoms in total. The van der Waals surface area contributed by atoms with E-state index in [0.717, 1.165) is 16.8 Å². The number of rotatable bonds is 6. The third kappa shape index (κ3) is 4.42. The fourth-order valence-electron chi connectivity index (χ4n) is 4.64. The minimum absolute atomic E-state index is 0.0133. The standard InChI is InChI=1S/C30H21N5O3S/c1-18-8-2-5-14-24(18)35-29(19-9-7-15-31-16-19)33-34-30(35)39-17-25(36)32-23-13-6-12-22-26(23)28(38)21-11-4-3-10-20(21)27(22)37/h2-16H,17H2,1H3,(H,32,36). The highest BCUT2D eigenvalue weighted by molar-refractivity contribution is 7.99. The van der Waals surface area contributed by atoms with Gasteiger partial charge in [0.05, 0.1) is 22.7 Å². The van der Waals surface area contributed by atoms with Crippen LogP contribution in [0.5, 0.6) is 0 Å². The summed E-state index contributed by atoms with van der Waals surface area (Å²) in [5, 5.41) is 12.1. The second-order valence-corrected chi connectivity index (χ2v) is 9.88. The van der Waals surface area contributed by atoms with Crippen LogP contribution in [0.15, 0.2) is 96.4 Å². The minimum Gasteiger partial charge on any atom is -0.325 e. The number of anilines is 1. The molecule has 0 saturated heterocycles. The number of hydrogen-bond acceptors (Lipinski definition) is 7. The van der Waals surface area contributed by atoms with Gasteiger partial charge in [-0.15, -0.1) is 10.2 Å². The van der Waals surface area contributed by atoms with Crippen LogP contribution >= 0.6 is 11.8 Å². The lowest BCUT2D eigenvalue weighted by Gasteiger charge is -2.20. The monoisotopic (exact) mass is 531 g/mol. The van der Waals surface area contributed by atoms with E-state index in [1.54, 1.807) is 54.9 Å². The topological polar surface area (TPSA) is 107 Å². The van der Waals surface area contributed by atoms with Crippen molar-refractivity contribution in [2.24, 2.45) is 0 Å². The Balaban J connectivity index is 1.28. The predicted molar refractivity (Wildman–Crippen MR) is 148 cm³/mol. The molecule has 3 aromatic carbocycles. The van der Waals surface area contributed by atoms with E-state index in [9.17, 15) is 14.4 Å². The summed E-state index contributed by atoms with van der Waals surface area (Å²) >= 11 is 1.23. The molecule has 1 amide bonds. The van der Waals surface area contributed by atoms with Crippen molar-refractivity contribution in [2.45, 2.75) is 12.1 Å². The molecular weight excluding hydrogens is 510 g/mol. The fraction of sp³-hybridized carbons (Fsp3) is 0.0667. The van der Waals surface area contributed by atoms with Crippen LogP contribution in [0.3, 0.4) is 0 Å². The molecular formula is C30H21N5O3S. The molecule has 1 aliphatic rings. The van der Waals surface area contributed by atoms with E-state index in [1.807, 2.05) is 47.9 Å². The zero-order chi connectivity index (χ0) is 26.9. The molecule has 5 aromatic rings. The highest BCUT2D eigenvalue weighted by Crippen LogP contribution is 2.33. The number of nitrogens with one attached hydrogen (secondary N) is 1. The normalized spacial score (nSPS) is 12.1. The Morgan fingerprint density at radius 3 is 2.36 bits per heavy atom. The second-order valence-electron chi connectivity index (χ2n) is 8.94. The van der Waals surface area contributed by atoms with Crippen LogP contribution in [-0.2, 0) is 4.79 Å². The summed E-state index contributed by atoms with van der Waals surface area (Å²) in [6.07, 6.45) is 3.41. The number of hydrogen-bond donors (Lipinski definition) is 1. The Kier molecular flexibility index (Phi) is 6.34. The van der Waals surface area contributed by atoms with E-state index in [1.165, 1.54) is 11.8 Å². The Morgan fingerprint density at radius 2 is 1.59 bits per heavy atom. The van der Waals surface area contributed by atoms with Crippen molar-refractivity contribution in [1.82, 2.24) is 19.7 Å². The average molecular weight is 532 g/mol. The lowest BCUT2D eigenvalue weighted by molar-refractivity contribution is -0.113. The van der Waals surface area contributed by atoms with Crippen LogP contribution in [0.2, 0.25) is 0 Å². The average Bonchev–Trinajstić information content (AvgIpc) is 3.39. The van der Waals surface area contributed by atoms with Crippen LogP contribution in [0, 0.1) is 6.92 Å². The molecule has 0 saturated carbocycles. The molecule has 2 aromatic heterocycles. The van der Waals surface area contributed by atoms with Crippen LogP contribution in [-0.4, -0.2) is 43.0 Å². The number of thioether (sulfide) groups is 1. The van der Waals surface area contributed by atoms with Crippen LogP contribution in [0.4, 0.5) is 5.69 Å². The van der Waals surface area contributed by atoms with Gasteiger partial charge in [0, 0.05) is 34.6 Å². The molecule has 0 radical (unpaired) electrons. The lowest BCUT2D eigenvalue weighted by atomic mass is 9.83. The van der Waals surface area contributed by atoms with Crippen molar-refractivity contribution in [3.8, 4) is 17.1 Å². The van der Waals surface area contributed by atoms with Crippen molar-refractivity contribution < 1.29 is 14.4 Å². The van der Waals surface area contributed by atoms with E-state index < -0.39 is 0 Å². The molecule has 0 aliphatic heterocycles. The largest absolute Gasteiger partial charge is 0.325 e. The number of aryl methyl sites for hydroxylation is 1. The lowest BCUT2D eigenvalue weighted by Crippen LogP contribution is -2.24. The van der Waals surface area contributed by atoms with E-state index >= 15 is 0 Å². The number of para-hydroxylation sites is 1. The third-order valence-corrected chi connectivity index (χ3v) is 7.40. The SMILES string of the molecule is Cc1ccccc1-n1c(SCC(=O)Nc2cccc3c2C(=O)c2ccccc2C3=O)nnc1-c1cccnc1. The maximum Gasteiger partial charge on any atom is 0.234 e. The molecule has 0 bridgehead atoms. The first kappa shape index (κ1) is 24.4. The van der Waals surface area contributed by atoms with Crippen molar-refractivity contribution in [2.75, 3.05) is 11.1 Å². The number of amides is 1. The number of carbonyl (C=O) groups excluding carboxylic acids is 3. The van der Waals surface area contributed by atoms with Crippen LogP contribution < -0.4 is 5.32 Å². The van der Waals surface area contributed by atoms with Crippen molar-refractivity contribution in [3.63, 3.8) is 0 Å². The highest BCUT2D eigenvalue weighted by atomic mass is 32.2. The molecule has 39 heavy (non-hydrogen) atoms. The van der Waals surface area contributed by atoms with Crippen LogP contribution in [0.25, 0.3) is 17.1 Å². The molecule has 1 N–H and O–H groups in total. The maximum atomic E-state index is 13.3. The molecule has 2 heterocycles. The Morgan fingerprint density at radius 1 is 0.846 bits per heavy atom. The number of aromatic nitrogens is 4. The van der Waals surface area contributed by atoms with E-state index in [-0.39, 0.29) is 34.4 Å². The fourth-order valence-corrected chi connectivity index (χ4v) is 5.39. The molecule has 0 fully saturated rings. The molecule has 9 heteroatoms. The van der Waals surface area contributed by atoms with Crippen molar-refractivity contribution >= 4 is 34.9 Å². The smallest absolute Gasteiger partial charge is 0.234 e. The molecule has 6 rings (SSSR count). The van der Waals surface area contributed by atoms with Gasteiger partial charge in [0.2, 0.25) is 5.91 Å².